The summed E-state index contributed by atoms with van der Waals surface area (Å²) in [5, 5.41) is 0. The van der Waals surface area contributed by atoms with Crippen molar-refractivity contribution in [2.24, 2.45) is 0 Å². The quantitative estimate of drug-likeness (QED) is 0.692. The van der Waals surface area contributed by atoms with E-state index in [4.69, 9.17) is 0 Å². The zero-order chi connectivity index (χ0) is 17.0. The molecule has 0 atom stereocenters. The highest BCUT2D eigenvalue weighted by atomic mass is 32.2. The molecule has 0 bridgehead atoms. The van der Waals surface area contributed by atoms with Crippen molar-refractivity contribution >= 4 is 15.7 Å². The molecule has 0 saturated carbocycles. The van der Waals surface area contributed by atoms with Gasteiger partial charge in [-0.2, -0.15) is 0 Å². The molecule has 0 spiro atoms. The van der Waals surface area contributed by atoms with Gasteiger partial charge in [-0.3, -0.25) is 4.31 Å². The van der Waals surface area contributed by atoms with Gasteiger partial charge in [-0.1, -0.05) is 60.7 Å². The maximum absolute atomic E-state index is 13.2. The van der Waals surface area contributed by atoms with Gasteiger partial charge in [-0.15, -0.1) is 0 Å². The minimum atomic E-state index is -3.64. The van der Waals surface area contributed by atoms with Gasteiger partial charge < -0.3 is 0 Å². The predicted molar refractivity (Wildman–Crippen MR) is 97.4 cm³/mol. The molecule has 0 fully saturated rings. The first-order chi connectivity index (χ1) is 11.6. The van der Waals surface area contributed by atoms with Crippen LogP contribution in [0.1, 0.15) is 11.1 Å². The second-order valence-electron chi connectivity index (χ2n) is 5.59. The van der Waals surface area contributed by atoms with Crippen molar-refractivity contribution in [3.63, 3.8) is 0 Å². The van der Waals surface area contributed by atoms with Crippen LogP contribution in [0.5, 0.6) is 0 Å². The highest BCUT2D eigenvalue weighted by Crippen LogP contribution is 2.26. The lowest BCUT2D eigenvalue weighted by atomic mass is 10.1. The van der Waals surface area contributed by atoms with Crippen LogP contribution in [0.15, 0.2) is 89.8 Å². The minimum absolute atomic E-state index is 0.294. The number of hydrogen-bond acceptors (Lipinski definition) is 2. The molecular formula is C20H19NO2S. The Morgan fingerprint density at radius 2 is 1.29 bits per heavy atom. The third kappa shape index (κ3) is 3.34. The minimum Gasteiger partial charge on any atom is -0.262 e. The number of rotatable bonds is 5. The van der Waals surface area contributed by atoms with Gasteiger partial charge >= 0.3 is 0 Å². The van der Waals surface area contributed by atoms with Gasteiger partial charge in [0.05, 0.1) is 17.1 Å². The molecule has 0 aliphatic heterocycles. The second kappa shape index (κ2) is 6.89. The summed E-state index contributed by atoms with van der Waals surface area (Å²) in [5.74, 6) is 0. The Balaban J connectivity index is 2.08. The van der Waals surface area contributed by atoms with Gasteiger partial charge in [-0.25, -0.2) is 8.42 Å². The molecule has 122 valence electrons. The van der Waals surface area contributed by atoms with Crippen LogP contribution in [0.2, 0.25) is 0 Å². The first kappa shape index (κ1) is 16.3. The Labute approximate surface area is 143 Å². The molecule has 0 aromatic heterocycles. The maximum Gasteiger partial charge on any atom is 0.264 e. The van der Waals surface area contributed by atoms with Gasteiger partial charge in [0.25, 0.3) is 10.0 Å². The van der Waals surface area contributed by atoms with Gasteiger partial charge in [0.15, 0.2) is 0 Å². The van der Waals surface area contributed by atoms with E-state index in [1.54, 1.807) is 24.3 Å². The summed E-state index contributed by atoms with van der Waals surface area (Å²) in [6, 6.07) is 25.6. The van der Waals surface area contributed by atoms with Crippen LogP contribution < -0.4 is 4.31 Å². The zero-order valence-corrected chi connectivity index (χ0v) is 14.3. The monoisotopic (exact) mass is 337 g/mol. The van der Waals surface area contributed by atoms with Crippen molar-refractivity contribution in [2.75, 3.05) is 4.31 Å². The van der Waals surface area contributed by atoms with E-state index in [0.717, 1.165) is 11.1 Å². The van der Waals surface area contributed by atoms with E-state index < -0.39 is 10.0 Å². The molecular weight excluding hydrogens is 318 g/mol. The van der Waals surface area contributed by atoms with Crippen molar-refractivity contribution in [1.29, 1.82) is 0 Å². The second-order valence-corrected chi connectivity index (χ2v) is 7.45. The Morgan fingerprint density at radius 1 is 0.750 bits per heavy atom. The fraction of sp³-hybridized carbons (Fsp3) is 0.100. The summed E-state index contributed by atoms with van der Waals surface area (Å²) in [4.78, 5) is 0.294. The summed E-state index contributed by atoms with van der Waals surface area (Å²) < 4.78 is 27.8. The lowest BCUT2D eigenvalue weighted by Crippen LogP contribution is -2.30. The molecule has 0 aliphatic rings. The molecule has 0 N–H and O–H groups in total. The molecule has 0 unspecified atom stereocenters. The first-order valence-electron chi connectivity index (χ1n) is 7.76. The van der Waals surface area contributed by atoms with Crippen LogP contribution in [0.4, 0.5) is 5.69 Å². The molecule has 0 heterocycles. The Bertz CT molecular complexity index is 907. The molecule has 0 amide bonds. The van der Waals surface area contributed by atoms with E-state index in [0.29, 0.717) is 17.1 Å². The molecule has 3 nitrogen and oxygen atoms in total. The van der Waals surface area contributed by atoms with Crippen LogP contribution in [0.25, 0.3) is 0 Å². The third-order valence-corrected chi connectivity index (χ3v) is 5.74. The van der Waals surface area contributed by atoms with Gasteiger partial charge in [0.2, 0.25) is 0 Å². The number of benzene rings is 3. The van der Waals surface area contributed by atoms with Crippen LogP contribution >= 0.6 is 0 Å². The van der Waals surface area contributed by atoms with Gasteiger partial charge in [-0.05, 0) is 42.3 Å². The number of anilines is 1. The fourth-order valence-corrected chi connectivity index (χ4v) is 4.04. The van der Waals surface area contributed by atoms with Crippen molar-refractivity contribution in [3.05, 3.63) is 96.1 Å². The van der Waals surface area contributed by atoms with Crippen LogP contribution in [0.3, 0.4) is 0 Å². The van der Waals surface area contributed by atoms with Crippen molar-refractivity contribution in [2.45, 2.75) is 18.4 Å². The molecule has 4 heteroatoms. The molecule has 0 aliphatic carbocycles. The Morgan fingerprint density at radius 3 is 1.92 bits per heavy atom. The normalized spacial score (nSPS) is 11.2. The van der Waals surface area contributed by atoms with Gasteiger partial charge in [0, 0.05) is 0 Å². The average Bonchev–Trinajstić information content (AvgIpc) is 2.62. The van der Waals surface area contributed by atoms with E-state index in [2.05, 4.69) is 0 Å². The maximum atomic E-state index is 13.2. The van der Waals surface area contributed by atoms with E-state index in [9.17, 15) is 8.42 Å². The van der Waals surface area contributed by atoms with E-state index in [1.807, 2.05) is 67.6 Å². The standard InChI is InChI=1S/C20H19NO2S/c1-17-10-8-9-11-18(17)16-21(19-12-4-2-5-13-19)24(22,23)20-14-6-3-7-15-20/h2-15H,16H2,1H3. The zero-order valence-electron chi connectivity index (χ0n) is 13.5. The summed E-state index contributed by atoms with van der Waals surface area (Å²) in [7, 11) is -3.64. The first-order valence-corrected chi connectivity index (χ1v) is 9.20. The Kier molecular flexibility index (Phi) is 4.67. The summed E-state index contributed by atoms with van der Waals surface area (Å²) in [6.45, 7) is 2.29. The Hall–Kier alpha value is -2.59. The van der Waals surface area contributed by atoms with E-state index >= 15 is 0 Å². The van der Waals surface area contributed by atoms with Crippen molar-refractivity contribution < 1.29 is 8.42 Å². The average molecular weight is 337 g/mol. The lowest BCUT2D eigenvalue weighted by molar-refractivity contribution is 0.590. The van der Waals surface area contributed by atoms with Crippen molar-refractivity contribution in [1.82, 2.24) is 0 Å². The largest absolute Gasteiger partial charge is 0.264 e. The highest BCUT2D eigenvalue weighted by molar-refractivity contribution is 7.92. The highest BCUT2D eigenvalue weighted by Gasteiger charge is 2.25. The molecule has 0 saturated heterocycles. The van der Waals surface area contributed by atoms with Crippen molar-refractivity contribution in [3.8, 4) is 0 Å². The number of aryl methyl sites for hydroxylation is 1. The van der Waals surface area contributed by atoms with Crippen LogP contribution in [-0.2, 0) is 16.6 Å². The number of para-hydroxylation sites is 1. The van der Waals surface area contributed by atoms with E-state index in [1.165, 1.54) is 4.31 Å². The molecule has 24 heavy (non-hydrogen) atoms. The third-order valence-electron chi connectivity index (χ3n) is 3.95. The topological polar surface area (TPSA) is 37.4 Å². The predicted octanol–water partition coefficient (Wildman–Crippen LogP) is 4.39. The SMILES string of the molecule is Cc1ccccc1CN(c1ccccc1)S(=O)(=O)c1ccccc1. The summed E-state index contributed by atoms with van der Waals surface area (Å²) in [5.41, 5.74) is 2.71. The molecule has 0 radical (unpaired) electrons. The van der Waals surface area contributed by atoms with Crippen LogP contribution in [0, 0.1) is 6.92 Å². The van der Waals surface area contributed by atoms with E-state index in [-0.39, 0.29) is 0 Å². The number of nitrogens with zero attached hydrogens (tertiary/aromatic N) is 1. The number of sulfonamides is 1. The lowest BCUT2D eigenvalue weighted by Gasteiger charge is -2.25. The summed E-state index contributed by atoms with van der Waals surface area (Å²) >= 11 is 0. The van der Waals surface area contributed by atoms with Crippen LogP contribution in [-0.4, -0.2) is 8.42 Å². The van der Waals surface area contributed by atoms with Gasteiger partial charge in [0.1, 0.15) is 0 Å². The molecule has 3 rings (SSSR count). The fourth-order valence-electron chi connectivity index (χ4n) is 2.57. The summed E-state index contributed by atoms with van der Waals surface area (Å²) in [6.07, 6.45) is 0. The molecule has 3 aromatic carbocycles. The number of hydrogen-bond donors (Lipinski definition) is 0. The molecule has 3 aromatic rings. The smallest absolute Gasteiger partial charge is 0.262 e.